The number of hydrogen-bond acceptors (Lipinski definition) is 3. The average molecular weight is 297 g/mol. The quantitative estimate of drug-likeness (QED) is 0.696. The third-order valence-corrected chi connectivity index (χ3v) is 3.50. The maximum atomic E-state index is 12.2. The van der Waals surface area contributed by atoms with Crippen LogP contribution in [0.1, 0.15) is 50.1 Å². The molecule has 2 aromatic rings. The van der Waals surface area contributed by atoms with Gasteiger partial charge in [-0.1, -0.05) is 26.7 Å². The lowest BCUT2D eigenvalue weighted by molar-refractivity contribution is -0.138. The molecule has 21 heavy (non-hydrogen) atoms. The first-order chi connectivity index (χ1) is 10.2. The molecule has 0 bridgehead atoms. The topological polar surface area (TPSA) is 39.4 Å². The molecule has 0 aromatic carbocycles. The second-order valence-electron chi connectivity index (χ2n) is 4.98. The van der Waals surface area contributed by atoms with E-state index in [9.17, 15) is 8.78 Å². The van der Waals surface area contributed by atoms with Gasteiger partial charge < -0.3 is 4.74 Å². The van der Waals surface area contributed by atoms with Crippen molar-refractivity contribution in [2.75, 3.05) is 0 Å². The van der Waals surface area contributed by atoms with Gasteiger partial charge in [-0.05, 0) is 25.3 Å². The molecule has 0 fully saturated rings. The number of unbranched alkanes of at least 4 members (excludes halogenated alkanes) is 2. The van der Waals surface area contributed by atoms with Gasteiger partial charge in [-0.3, -0.25) is 0 Å². The Morgan fingerprint density at radius 3 is 2.76 bits per heavy atom. The van der Waals surface area contributed by atoms with Gasteiger partial charge in [-0.25, -0.2) is 9.50 Å². The summed E-state index contributed by atoms with van der Waals surface area (Å²) in [5.41, 5.74) is 3.48. The van der Waals surface area contributed by atoms with Crippen LogP contribution in [0.5, 0.6) is 0 Å². The third-order valence-electron chi connectivity index (χ3n) is 3.50. The average Bonchev–Trinajstić information content (AvgIpc) is 2.84. The van der Waals surface area contributed by atoms with Crippen molar-refractivity contribution in [2.45, 2.75) is 59.2 Å². The number of aryl methyl sites for hydroxylation is 2. The highest BCUT2D eigenvalue weighted by Crippen LogP contribution is 2.19. The van der Waals surface area contributed by atoms with Crippen molar-refractivity contribution in [1.82, 2.24) is 14.6 Å². The molecule has 0 N–H and O–H groups in total. The Morgan fingerprint density at radius 2 is 2.10 bits per heavy atom. The smallest absolute Gasteiger partial charge is 0.317 e. The van der Waals surface area contributed by atoms with Gasteiger partial charge in [0.2, 0.25) is 0 Å². The van der Waals surface area contributed by atoms with Crippen LogP contribution in [0.2, 0.25) is 0 Å². The van der Waals surface area contributed by atoms with E-state index in [4.69, 9.17) is 0 Å². The summed E-state index contributed by atoms with van der Waals surface area (Å²) >= 11 is 0. The molecule has 0 amide bonds. The SMILES string of the molecule is CCCCCc1c(CC)nn2c(COC(F)F)ccnc12. The van der Waals surface area contributed by atoms with E-state index in [0.29, 0.717) is 5.69 Å². The van der Waals surface area contributed by atoms with E-state index < -0.39 is 6.61 Å². The molecule has 0 spiro atoms. The summed E-state index contributed by atoms with van der Waals surface area (Å²) in [6, 6.07) is 1.66. The summed E-state index contributed by atoms with van der Waals surface area (Å²) < 4.78 is 30.5. The molecular weight excluding hydrogens is 276 g/mol. The second kappa shape index (κ2) is 7.45. The fraction of sp³-hybridized carbons (Fsp3) is 0.600. The van der Waals surface area contributed by atoms with Crippen molar-refractivity contribution in [1.29, 1.82) is 0 Å². The number of nitrogens with zero attached hydrogens (tertiary/aromatic N) is 3. The van der Waals surface area contributed by atoms with Gasteiger partial charge >= 0.3 is 6.61 Å². The van der Waals surface area contributed by atoms with E-state index in [1.165, 1.54) is 0 Å². The van der Waals surface area contributed by atoms with Gasteiger partial charge in [0.15, 0.2) is 5.65 Å². The predicted octanol–water partition coefficient (Wildman–Crippen LogP) is 3.76. The predicted molar refractivity (Wildman–Crippen MR) is 76.4 cm³/mol. The minimum absolute atomic E-state index is 0.171. The summed E-state index contributed by atoms with van der Waals surface area (Å²) in [6.07, 6.45) is 6.76. The highest BCUT2D eigenvalue weighted by Gasteiger charge is 2.15. The van der Waals surface area contributed by atoms with Gasteiger partial charge in [-0.15, -0.1) is 0 Å². The lowest BCUT2D eigenvalue weighted by atomic mass is 10.1. The summed E-state index contributed by atoms with van der Waals surface area (Å²) in [4.78, 5) is 4.37. The van der Waals surface area contributed by atoms with Crippen LogP contribution in [-0.2, 0) is 24.2 Å². The Hall–Kier alpha value is -1.56. The van der Waals surface area contributed by atoms with Crippen LogP contribution in [0.4, 0.5) is 8.78 Å². The van der Waals surface area contributed by atoms with Crippen molar-refractivity contribution in [2.24, 2.45) is 0 Å². The van der Waals surface area contributed by atoms with Gasteiger partial charge in [-0.2, -0.15) is 13.9 Å². The summed E-state index contributed by atoms with van der Waals surface area (Å²) in [6.45, 7) is 1.25. The van der Waals surface area contributed by atoms with Crippen LogP contribution in [0.25, 0.3) is 5.65 Å². The zero-order valence-corrected chi connectivity index (χ0v) is 12.5. The van der Waals surface area contributed by atoms with Crippen LogP contribution < -0.4 is 0 Å². The van der Waals surface area contributed by atoms with Crippen molar-refractivity contribution < 1.29 is 13.5 Å². The van der Waals surface area contributed by atoms with E-state index in [1.807, 2.05) is 6.92 Å². The van der Waals surface area contributed by atoms with Gasteiger partial charge in [0.05, 0.1) is 18.0 Å². The summed E-state index contributed by atoms with van der Waals surface area (Å²) in [5.74, 6) is 0. The Balaban J connectivity index is 2.32. The Bertz CT molecular complexity index is 584. The number of ether oxygens (including phenoxy) is 1. The number of aromatic nitrogens is 3. The molecule has 0 unspecified atom stereocenters. The van der Waals surface area contributed by atoms with E-state index in [-0.39, 0.29) is 6.61 Å². The van der Waals surface area contributed by atoms with Crippen LogP contribution in [0, 0.1) is 0 Å². The maximum absolute atomic E-state index is 12.2. The van der Waals surface area contributed by atoms with Gasteiger partial charge in [0.1, 0.15) is 0 Å². The summed E-state index contributed by atoms with van der Waals surface area (Å²) in [7, 11) is 0. The monoisotopic (exact) mass is 297 g/mol. The fourth-order valence-corrected chi connectivity index (χ4v) is 2.43. The van der Waals surface area contributed by atoms with Crippen molar-refractivity contribution >= 4 is 5.65 Å². The largest absolute Gasteiger partial charge is 0.345 e. The number of rotatable bonds is 8. The second-order valence-corrected chi connectivity index (χ2v) is 4.98. The minimum atomic E-state index is -2.78. The zero-order chi connectivity index (χ0) is 15.2. The Kier molecular flexibility index (Phi) is 5.61. The zero-order valence-electron chi connectivity index (χ0n) is 12.5. The first-order valence-corrected chi connectivity index (χ1v) is 7.41. The molecule has 6 heteroatoms. The molecule has 2 rings (SSSR count). The highest BCUT2D eigenvalue weighted by atomic mass is 19.3. The van der Waals surface area contributed by atoms with Crippen molar-refractivity contribution in [3.63, 3.8) is 0 Å². The number of hydrogen-bond donors (Lipinski definition) is 0. The number of halogens is 2. The van der Waals surface area contributed by atoms with Gasteiger partial charge in [0.25, 0.3) is 0 Å². The van der Waals surface area contributed by atoms with Crippen molar-refractivity contribution in [3.05, 3.63) is 29.2 Å². The molecule has 0 aliphatic carbocycles. The molecule has 0 aliphatic rings. The van der Waals surface area contributed by atoms with E-state index in [0.717, 1.165) is 49.0 Å². The highest BCUT2D eigenvalue weighted by molar-refractivity contribution is 5.50. The normalized spacial score (nSPS) is 11.7. The number of fused-ring (bicyclic) bond motifs is 1. The molecule has 4 nitrogen and oxygen atoms in total. The molecule has 0 saturated heterocycles. The van der Waals surface area contributed by atoms with Crippen LogP contribution in [0.3, 0.4) is 0 Å². The molecule has 0 atom stereocenters. The van der Waals surface area contributed by atoms with Crippen molar-refractivity contribution in [3.8, 4) is 0 Å². The van der Waals surface area contributed by atoms with Gasteiger partial charge in [0, 0.05) is 11.8 Å². The fourth-order valence-electron chi connectivity index (χ4n) is 2.43. The lowest BCUT2D eigenvalue weighted by Crippen LogP contribution is -2.06. The Labute approximate surface area is 123 Å². The minimum Gasteiger partial charge on any atom is -0.317 e. The van der Waals surface area contributed by atoms with Crippen LogP contribution in [-0.4, -0.2) is 21.2 Å². The van der Waals surface area contributed by atoms with E-state index in [1.54, 1.807) is 16.8 Å². The maximum Gasteiger partial charge on any atom is 0.345 e. The molecule has 0 radical (unpaired) electrons. The molecular formula is C15H21F2N3O. The van der Waals surface area contributed by atoms with Crippen LogP contribution >= 0.6 is 0 Å². The third kappa shape index (κ3) is 3.75. The summed E-state index contributed by atoms with van der Waals surface area (Å²) in [5, 5.41) is 4.52. The first kappa shape index (κ1) is 15.8. The Morgan fingerprint density at radius 1 is 1.29 bits per heavy atom. The van der Waals surface area contributed by atoms with E-state index in [2.05, 4.69) is 21.7 Å². The first-order valence-electron chi connectivity index (χ1n) is 7.41. The molecule has 2 aromatic heterocycles. The molecule has 2 heterocycles. The standard InChI is InChI=1S/C15H21F2N3O/c1-3-5-6-7-12-13(4-2)19-20-11(10-21-15(16)17)8-9-18-14(12)20/h8-9,15H,3-7,10H2,1-2H3. The molecule has 0 aliphatic heterocycles. The number of alkyl halides is 2. The van der Waals surface area contributed by atoms with E-state index >= 15 is 0 Å². The molecule has 116 valence electrons. The van der Waals surface area contributed by atoms with Crippen LogP contribution in [0.15, 0.2) is 12.3 Å². The lowest BCUT2D eigenvalue weighted by Gasteiger charge is -2.05. The molecule has 0 saturated carbocycles.